The topological polar surface area (TPSA) is 17.1 Å². The molecule has 0 heterocycles. The molecule has 0 aromatic rings. The van der Waals surface area contributed by atoms with Crippen LogP contribution >= 0.6 is 0 Å². The van der Waals surface area contributed by atoms with Gasteiger partial charge in [0.05, 0.1) is 0 Å². The Morgan fingerprint density at radius 3 is 2.57 bits per heavy atom. The summed E-state index contributed by atoms with van der Waals surface area (Å²) in [6, 6.07) is 0. The summed E-state index contributed by atoms with van der Waals surface area (Å²) in [6.07, 6.45) is 4.95. The highest BCUT2D eigenvalue weighted by Gasteiger charge is 2.70. The molecule has 3 aliphatic carbocycles. The third-order valence-electron chi connectivity index (χ3n) is 6.08. The van der Waals surface area contributed by atoms with E-state index in [0.29, 0.717) is 11.7 Å². The van der Waals surface area contributed by atoms with Crippen LogP contribution in [0.25, 0.3) is 0 Å². The van der Waals surface area contributed by atoms with Crippen LogP contribution < -0.4 is 0 Å². The minimum atomic E-state index is 0.0266. The van der Waals surface area contributed by atoms with Crippen LogP contribution in [0.4, 0.5) is 0 Å². The minimum Gasteiger partial charge on any atom is -0.299 e. The summed E-state index contributed by atoms with van der Waals surface area (Å²) in [5, 5.41) is 0. The van der Waals surface area contributed by atoms with Crippen molar-refractivity contribution in [1.29, 1.82) is 0 Å². The van der Waals surface area contributed by atoms with Gasteiger partial charge >= 0.3 is 0 Å². The van der Waals surface area contributed by atoms with E-state index >= 15 is 0 Å². The van der Waals surface area contributed by atoms with E-state index in [9.17, 15) is 4.79 Å². The first kappa shape index (κ1) is 8.94. The molecule has 1 heteroatoms. The van der Waals surface area contributed by atoms with Crippen LogP contribution in [0.2, 0.25) is 0 Å². The summed E-state index contributed by atoms with van der Waals surface area (Å²) in [7, 11) is 0. The van der Waals surface area contributed by atoms with Crippen LogP contribution in [-0.2, 0) is 4.79 Å². The second kappa shape index (κ2) is 2.25. The molecule has 0 N–H and O–H groups in total. The highest BCUT2D eigenvalue weighted by atomic mass is 16.1. The fourth-order valence-electron chi connectivity index (χ4n) is 4.97. The summed E-state index contributed by atoms with van der Waals surface area (Å²) in [4.78, 5) is 12.1. The third kappa shape index (κ3) is 0.666. The highest BCUT2D eigenvalue weighted by molar-refractivity contribution is 5.90. The zero-order valence-corrected chi connectivity index (χ0v) is 9.47. The first-order chi connectivity index (χ1) is 6.49. The fourth-order valence-corrected chi connectivity index (χ4v) is 4.97. The van der Waals surface area contributed by atoms with Crippen molar-refractivity contribution in [3.05, 3.63) is 0 Å². The second-order valence-electron chi connectivity index (χ2n) is 6.36. The van der Waals surface area contributed by atoms with Crippen molar-refractivity contribution in [2.24, 2.45) is 28.6 Å². The molecule has 4 atom stereocenters. The predicted molar refractivity (Wildman–Crippen MR) is 55.8 cm³/mol. The van der Waals surface area contributed by atoms with Crippen molar-refractivity contribution in [1.82, 2.24) is 0 Å². The molecule has 2 unspecified atom stereocenters. The second-order valence-corrected chi connectivity index (χ2v) is 6.36. The zero-order valence-electron chi connectivity index (χ0n) is 9.47. The standard InChI is InChI=1S/C13H20O/c1-12(2)10-7-11(14)13(12,3)9-6-4-5-8(9)10/h8-10H,4-7H2,1-3H3/t8-,9+,10?,13?/m1/s1. The maximum atomic E-state index is 12.1. The lowest BCUT2D eigenvalue weighted by Gasteiger charge is -2.37. The monoisotopic (exact) mass is 192 g/mol. The lowest BCUT2D eigenvalue weighted by Crippen LogP contribution is -2.38. The number of hydrogen-bond donors (Lipinski definition) is 0. The van der Waals surface area contributed by atoms with Gasteiger partial charge in [0, 0.05) is 11.8 Å². The van der Waals surface area contributed by atoms with Gasteiger partial charge in [-0.3, -0.25) is 4.79 Å². The van der Waals surface area contributed by atoms with Crippen molar-refractivity contribution in [3.63, 3.8) is 0 Å². The molecule has 0 spiro atoms. The predicted octanol–water partition coefficient (Wildman–Crippen LogP) is 3.04. The first-order valence-electron chi connectivity index (χ1n) is 6.03. The summed E-state index contributed by atoms with van der Waals surface area (Å²) in [5.74, 6) is 2.87. The van der Waals surface area contributed by atoms with E-state index in [2.05, 4.69) is 20.8 Å². The van der Waals surface area contributed by atoms with E-state index in [1.54, 1.807) is 0 Å². The van der Waals surface area contributed by atoms with Gasteiger partial charge in [0.2, 0.25) is 0 Å². The van der Waals surface area contributed by atoms with Crippen molar-refractivity contribution in [3.8, 4) is 0 Å². The molecule has 1 nitrogen and oxygen atoms in total. The van der Waals surface area contributed by atoms with Gasteiger partial charge in [0.25, 0.3) is 0 Å². The van der Waals surface area contributed by atoms with Crippen molar-refractivity contribution in [2.75, 3.05) is 0 Å². The Labute approximate surface area is 86.3 Å². The number of fused-ring (bicyclic) bond motifs is 5. The van der Waals surface area contributed by atoms with Crippen molar-refractivity contribution < 1.29 is 4.79 Å². The van der Waals surface area contributed by atoms with Crippen LogP contribution in [0, 0.1) is 28.6 Å². The average molecular weight is 192 g/mol. The summed E-state index contributed by atoms with van der Waals surface area (Å²) in [5.41, 5.74) is 0.304. The molecule has 3 aliphatic rings. The number of rotatable bonds is 0. The molecule has 14 heavy (non-hydrogen) atoms. The quantitative estimate of drug-likeness (QED) is 0.576. The number of Topliss-reactive ketones (excluding diaryl/α,β-unsaturated/α-hetero) is 1. The molecule has 0 radical (unpaired) electrons. The Morgan fingerprint density at radius 2 is 1.86 bits per heavy atom. The van der Waals surface area contributed by atoms with Crippen molar-refractivity contribution in [2.45, 2.75) is 46.5 Å². The van der Waals surface area contributed by atoms with Crippen LogP contribution in [0.15, 0.2) is 0 Å². The minimum absolute atomic E-state index is 0.0266. The Morgan fingerprint density at radius 1 is 1.14 bits per heavy atom. The number of ketones is 1. The van der Waals surface area contributed by atoms with Crippen LogP contribution in [0.3, 0.4) is 0 Å². The molecule has 3 saturated carbocycles. The smallest absolute Gasteiger partial charge is 0.139 e. The molecule has 78 valence electrons. The molecule has 0 aliphatic heterocycles. The summed E-state index contributed by atoms with van der Waals surface area (Å²) < 4.78 is 0. The Kier molecular flexibility index (Phi) is 1.44. The molecule has 2 bridgehead atoms. The zero-order chi connectivity index (χ0) is 10.1. The van der Waals surface area contributed by atoms with Gasteiger partial charge in [-0.25, -0.2) is 0 Å². The number of hydrogen-bond acceptors (Lipinski definition) is 1. The van der Waals surface area contributed by atoms with E-state index in [-0.39, 0.29) is 10.8 Å². The van der Waals surface area contributed by atoms with Crippen LogP contribution in [0.1, 0.15) is 46.5 Å². The first-order valence-corrected chi connectivity index (χ1v) is 6.03. The van der Waals surface area contributed by atoms with E-state index in [1.165, 1.54) is 19.3 Å². The van der Waals surface area contributed by atoms with E-state index in [1.807, 2.05) is 0 Å². The van der Waals surface area contributed by atoms with E-state index in [0.717, 1.165) is 18.3 Å². The molecule has 0 aromatic heterocycles. The van der Waals surface area contributed by atoms with E-state index in [4.69, 9.17) is 0 Å². The van der Waals surface area contributed by atoms with Gasteiger partial charge < -0.3 is 0 Å². The van der Waals surface area contributed by atoms with Gasteiger partial charge in [-0.15, -0.1) is 0 Å². The van der Waals surface area contributed by atoms with Gasteiger partial charge in [0.15, 0.2) is 0 Å². The van der Waals surface area contributed by atoms with Gasteiger partial charge in [-0.2, -0.15) is 0 Å². The summed E-state index contributed by atoms with van der Waals surface area (Å²) in [6.45, 7) is 6.92. The molecule has 0 aromatic carbocycles. The maximum absolute atomic E-state index is 12.1. The number of carbonyl (C=O) groups is 1. The molecule has 0 amide bonds. The van der Waals surface area contributed by atoms with Gasteiger partial charge in [-0.05, 0) is 36.0 Å². The largest absolute Gasteiger partial charge is 0.299 e. The summed E-state index contributed by atoms with van der Waals surface area (Å²) >= 11 is 0. The van der Waals surface area contributed by atoms with Crippen molar-refractivity contribution >= 4 is 5.78 Å². The lowest BCUT2D eigenvalue weighted by molar-refractivity contribution is -0.132. The van der Waals surface area contributed by atoms with Crippen LogP contribution in [-0.4, -0.2) is 5.78 Å². The van der Waals surface area contributed by atoms with Gasteiger partial charge in [0.1, 0.15) is 5.78 Å². The number of carbonyl (C=O) groups excluding carboxylic acids is 1. The Hall–Kier alpha value is -0.330. The Balaban J connectivity index is 2.14. The lowest BCUT2D eigenvalue weighted by atomic mass is 9.65. The Bertz CT molecular complexity index is 302. The highest BCUT2D eigenvalue weighted by Crippen LogP contribution is 2.72. The molecule has 3 fully saturated rings. The average Bonchev–Trinajstić information content (AvgIpc) is 2.68. The van der Waals surface area contributed by atoms with Crippen LogP contribution in [0.5, 0.6) is 0 Å². The van der Waals surface area contributed by atoms with E-state index < -0.39 is 0 Å². The maximum Gasteiger partial charge on any atom is 0.139 e. The normalized spacial score (nSPS) is 53.9. The molecular formula is C13H20O. The SMILES string of the molecule is CC1(C)C2CC(=O)C1(C)[C@H]1CCC[C@@H]21. The molecule has 3 rings (SSSR count). The third-order valence-corrected chi connectivity index (χ3v) is 6.08. The fraction of sp³-hybridized carbons (Fsp3) is 0.923. The van der Waals surface area contributed by atoms with Gasteiger partial charge in [-0.1, -0.05) is 27.2 Å². The molecular weight excluding hydrogens is 172 g/mol. The molecule has 0 saturated heterocycles.